The number of hydrogen-bond acceptors (Lipinski definition) is 2. The van der Waals surface area contributed by atoms with Gasteiger partial charge in [0.1, 0.15) is 11.6 Å². The van der Waals surface area contributed by atoms with Gasteiger partial charge in [0.25, 0.3) is 0 Å². The smallest absolute Gasteiger partial charge is 0.126 e. The van der Waals surface area contributed by atoms with Crippen molar-refractivity contribution in [1.29, 1.82) is 0 Å². The van der Waals surface area contributed by atoms with Gasteiger partial charge in [-0.2, -0.15) is 0 Å². The summed E-state index contributed by atoms with van der Waals surface area (Å²) in [4.78, 5) is 4.50. The van der Waals surface area contributed by atoms with Gasteiger partial charge in [0.2, 0.25) is 0 Å². The molecule has 94 valence electrons. The minimum absolute atomic E-state index is 0.232. The van der Waals surface area contributed by atoms with Crippen LogP contribution in [0.5, 0.6) is 0 Å². The molecular weight excluding hydrogens is 227 g/mol. The van der Waals surface area contributed by atoms with Gasteiger partial charge in [-0.05, 0) is 43.2 Å². The van der Waals surface area contributed by atoms with Crippen LogP contribution in [0.3, 0.4) is 0 Å². The molecule has 2 rings (SSSR count). The Labute approximate surface area is 107 Å². The molecule has 0 atom stereocenters. The van der Waals surface area contributed by atoms with E-state index in [4.69, 9.17) is 0 Å². The van der Waals surface area contributed by atoms with Crippen LogP contribution in [-0.4, -0.2) is 11.5 Å². The van der Waals surface area contributed by atoms with Gasteiger partial charge in [-0.25, -0.2) is 9.37 Å². The number of halogens is 1. The molecule has 0 unspecified atom stereocenters. The molecule has 1 aromatic heterocycles. The summed E-state index contributed by atoms with van der Waals surface area (Å²) in [5.74, 6) is 0.599. The number of pyridine rings is 1. The maximum absolute atomic E-state index is 13.3. The predicted octanol–water partition coefficient (Wildman–Crippen LogP) is 4.02. The molecule has 2 nitrogen and oxygen atoms in total. The van der Waals surface area contributed by atoms with Crippen molar-refractivity contribution in [1.82, 2.24) is 4.98 Å². The first kappa shape index (κ1) is 12.6. The molecule has 0 bridgehead atoms. The number of nitrogens with one attached hydrogen (secondary N) is 1. The van der Waals surface area contributed by atoms with Gasteiger partial charge in [0.05, 0.1) is 5.69 Å². The molecule has 0 aliphatic rings. The molecular formula is C15H17FN2. The fourth-order valence-electron chi connectivity index (χ4n) is 1.81. The monoisotopic (exact) mass is 244 g/mol. The third kappa shape index (κ3) is 2.86. The molecule has 3 heteroatoms. The Balaban J connectivity index is 2.35. The SMILES string of the molecule is CCCNc1cccc(-c2cc(F)ccc2C)n1. The van der Waals surface area contributed by atoms with Crippen molar-refractivity contribution >= 4 is 5.82 Å². The molecule has 1 N–H and O–H groups in total. The van der Waals surface area contributed by atoms with Gasteiger partial charge >= 0.3 is 0 Å². The first-order valence-corrected chi connectivity index (χ1v) is 6.18. The first-order chi connectivity index (χ1) is 8.70. The van der Waals surface area contributed by atoms with E-state index in [1.54, 1.807) is 6.07 Å². The largest absolute Gasteiger partial charge is 0.370 e. The van der Waals surface area contributed by atoms with Crippen LogP contribution in [-0.2, 0) is 0 Å². The van der Waals surface area contributed by atoms with Crippen LogP contribution in [0, 0.1) is 12.7 Å². The number of anilines is 1. The van der Waals surface area contributed by atoms with Gasteiger partial charge < -0.3 is 5.32 Å². The molecule has 0 saturated carbocycles. The van der Waals surface area contributed by atoms with Crippen molar-refractivity contribution in [3.05, 3.63) is 47.8 Å². The number of aryl methyl sites for hydroxylation is 1. The lowest BCUT2D eigenvalue weighted by molar-refractivity contribution is 0.628. The van der Waals surface area contributed by atoms with Gasteiger partial charge in [-0.1, -0.05) is 19.1 Å². The van der Waals surface area contributed by atoms with Gasteiger partial charge in [-0.15, -0.1) is 0 Å². The quantitative estimate of drug-likeness (QED) is 0.878. The molecule has 0 aliphatic carbocycles. The Hall–Kier alpha value is -1.90. The van der Waals surface area contributed by atoms with E-state index >= 15 is 0 Å². The van der Waals surface area contributed by atoms with Crippen LogP contribution in [0.2, 0.25) is 0 Å². The van der Waals surface area contributed by atoms with E-state index in [1.165, 1.54) is 12.1 Å². The highest BCUT2D eigenvalue weighted by atomic mass is 19.1. The van der Waals surface area contributed by atoms with Crippen LogP contribution < -0.4 is 5.32 Å². The molecule has 1 heterocycles. The lowest BCUT2D eigenvalue weighted by atomic mass is 10.1. The first-order valence-electron chi connectivity index (χ1n) is 6.18. The zero-order valence-corrected chi connectivity index (χ0v) is 10.7. The van der Waals surface area contributed by atoms with E-state index in [2.05, 4.69) is 17.2 Å². The normalized spacial score (nSPS) is 10.4. The van der Waals surface area contributed by atoms with Crippen LogP contribution in [0.1, 0.15) is 18.9 Å². The summed E-state index contributed by atoms with van der Waals surface area (Å²) in [6, 6.07) is 10.5. The summed E-state index contributed by atoms with van der Waals surface area (Å²) in [7, 11) is 0. The Morgan fingerprint density at radius 3 is 2.83 bits per heavy atom. The van der Waals surface area contributed by atoms with Crippen molar-refractivity contribution in [2.45, 2.75) is 20.3 Å². The van der Waals surface area contributed by atoms with Crippen LogP contribution in [0.15, 0.2) is 36.4 Å². The molecule has 0 fully saturated rings. The van der Waals surface area contributed by atoms with Crippen molar-refractivity contribution in [3.63, 3.8) is 0 Å². The zero-order valence-electron chi connectivity index (χ0n) is 10.7. The lowest BCUT2D eigenvalue weighted by Crippen LogP contribution is -2.02. The molecule has 0 saturated heterocycles. The fraction of sp³-hybridized carbons (Fsp3) is 0.267. The van der Waals surface area contributed by atoms with E-state index in [1.807, 2.05) is 25.1 Å². The van der Waals surface area contributed by atoms with E-state index in [0.717, 1.165) is 35.6 Å². The second-order valence-corrected chi connectivity index (χ2v) is 4.29. The highest BCUT2D eigenvalue weighted by Gasteiger charge is 2.05. The van der Waals surface area contributed by atoms with Gasteiger partial charge in [-0.3, -0.25) is 0 Å². The topological polar surface area (TPSA) is 24.9 Å². The van der Waals surface area contributed by atoms with Crippen molar-refractivity contribution in [2.24, 2.45) is 0 Å². The molecule has 0 spiro atoms. The number of aromatic nitrogens is 1. The lowest BCUT2D eigenvalue weighted by Gasteiger charge is -2.08. The van der Waals surface area contributed by atoms with Gasteiger partial charge in [0.15, 0.2) is 0 Å². The standard InChI is InChI=1S/C15H17FN2/c1-3-9-17-15-6-4-5-14(18-15)13-10-12(16)8-7-11(13)2/h4-8,10H,3,9H2,1-2H3,(H,17,18). The highest BCUT2D eigenvalue weighted by Crippen LogP contribution is 2.23. The third-order valence-electron chi connectivity index (χ3n) is 2.78. The molecule has 0 amide bonds. The van der Waals surface area contributed by atoms with E-state index < -0.39 is 0 Å². The average Bonchev–Trinajstić information content (AvgIpc) is 2.39. The minimum atomic E-state index is -0.232. The zero-order chi connectivity index (χ0) is 13.0. The summed E-state index contributed by atoms with van der Waals surface area (Å²) >= 11 is 0. The fourth-order valence-corrected chi connectivity index (χ4v) is 1.81. The second-order valence-electron chi connectivity index (χ2n) is 4.29. The molecule has 0 aliphatic heterocycles. The number of nitrogens with zero attached hydrogens (tertiary/aromatic N) is 1. The summed E-state index contributed by atoms with van der Waals surface area (Å²) in [5, 5.41) is 3.23. The Morgan fingerprint density at radius 1 is 1.22 bits per heavy atom. The number of hydrogen-bond donors (Lipinski definition) is 1. The van der Waals surface area contributed by atoms with Crippen molar-refractivity contribution in [2.75, 3.05) is 11.9 Å². The van der Waals surface area contributed by atoms with Crippen molar-refractivity contribution in [3.8, 4) is 11.3 Å². The van der Waals surface area contributed by atoms with E-state index in [0.29, 0.717) is 0 Å². The number of benzene rings is 1. The van der Waals surface area contributed by atoms with Gasteiger partial charge in [0, 0.05) is 12.1 Å². The average molecular weight is 244 g/mol. The minimum Gasteiger partial charge on any atom is -0.370 e. The summed E-state index contributed by atoms with van der Waals surface area (Å²) in [6.07, 6.45) is 1.05. The van der Waals surface area contributed by atoms with Crippen LogP contribution >= 0.6 is 0 Å². The molecule has 0 radical (unpaired) electrons. The van der Waals surface area contributed by atoms with E-state index in [-0.39, 0.29) is 5.82 Å². The predicted molar refractivity (Wildman–Crippen MR) is 73.1 cm³/mol. The number of rotatable bonds is 4. The Bertz CT molecular complexity index is 538. The van der Waals surface area contributed by atoms with Crippen LogP contribution in [0.4, 0.5) is 10.2 Å². The Morgan fingerprint density at radius 2 is 2.06 bits per heavy atom. The Kier molecular flexibility index (Phi) is 3.92. The second kappa shape index (κ2) is 5.63. The molecule has 2 aromatic rings. The third-order valence-corrected chi connectivity index (χ3v) is 2.78. The maximum Gasteiger partial charge on any atom is 0.126 e. The summed E-state index contributed by atoms with van der Waals surface area (Å²) in [5.41, 5.74) is 2.67. The highest BCUT2D eigenvalue weighted by molar-refractivity contribution is 5.65. The summed E-state index contributed by atoms with van der Waals surface area (Å²) in [6.45, 7) is 4.95. The van der Waals surface area contributed by atoms with E-state index in [9.17, 15) is 4.39 Å². The maximum atomic E-state index is 13.3. The summed E-state index contributed by atoms with van der Waals surface area (Å²) < 4.78 is 13.3. The van der Waals surface area contributed by atoms with Crippen molar-refractivity contribution < 1.29 is 4.39 Å². The molecule has 18 heavy (non-hydrogen) atoms. The molecule has 1 aromatic carbocycles. The van der Waals surface area contributed by atoms with Crippen LogP contribution in [0.25, 0.3) is 11.3 Å².